The first-order valence-corrected chi connectivity index (χ1v) is 28.2. The monoisotopic (exact) mass is 1060 g/mol. The molecule has 3 heterocycles. The zero-order chi connectivity index (χ0) is 54.1. The minimum atomic E-state index is -1.98. The van der Waals surface area contributed by atoms with Gasteiger partial charge in [0.2, 0.25) is 5.91 Å². The Kier molecular flexibility index (Phi) is 35.3. The summed E-state index contributed by atoms with van der Waals surface area (Å²) in [6.45, 7) is 1.10. The lowest BCUT2D eigenvalue weighted by molar-refractivity contribution is -0.379. The van der Waals surface area contributed by atoms with Crippen molar-refractivity contribution in [2.24, 2.45) is 0 Å². The third-order valence-electron chi connectivity index (χ3n) is 14.2. The van der Waals surface area contributed by atoms with Crippen LogP contribution in [0.2, 0.25) is 0 Å². The van der Waals surface area contributed by atoms with E-state index in [1.807, 2.05) is 0 Å². The molecule has 19 heteroatoms. The fourth-order valence-corrected chi connectivity index (χ4v) is 9.48. The molecule has 0 radical (unpaired) electrons. The summed E-state index contributed by atoms with van der Waals surface area (Å²) in [7, 11) is 0. The van der Waals surface area contributed by atoms with Crippen molar-refractivity contribution in [3.8, 4) is 0 Å². The molecule has 3 aliphatic heterocycles. The van der Waals surface area contributed by atoms with Crippen LogP contribution in [0.4, 0.5) is 0 Å². The van der Waals surface area contributed by atoms with E-state index < -0.39 is 124 Å². The molecule has 19 nitrogen and oxygen atoms in total. The standard InChI is InChI=1S/C55H99NO18/c1-3-5-6-7-8-9-10-11-12-13-14-15-16-17-18-19-20-21-22-23-24-25-26-27-28-29-30-31-32-33-39(60)38(56-43(61)4-2)37-69-53-49(67)46(64)51(41(35-58)71-53)74-55-50(68)47(65)52(42(36-59)72-55)73-54-48(66)45(63)44(62)40(34-57)70-54/h24-25,28-29,32-33,38-42,44-55,57-60,62-68H,3-23,26-27,30-31,34-37H2,1-2H3,(H,56,61)/b25-24+,29-28+,33-32+. The van der Waals surface area contributed by atoms with E-state index in [0.717, 1.165) is 25.7 Å². The predicted molar refractivity (Wildman–Crippen MR) is 277 cm³/mol. The summed E-state index contributed by atoms with van der Waals surface area (Å²) < 4.78 is 33.7. The molecule has 1 amide bonds. The average Bonchev–Trinajstić information content (AvgIpc) is 3.40. The van der Waals surface area contributed by atoms with Crippen LogP contribution in [0.1, 0.15) is 174 Å². The van der Waals surface area contributed by atoms with E-state index in [1.54, 1.807) is 13.0 Å². The highest BCUT2D eigenvalue weighted by Crippen LogP contribution is 2.33. The van der Waals surface area contributed by atoms with Gasteiger partial charge in [0.25, 0.3) is 0 Å². The summed E-state index contributed by atoms with van der Waals surface area (Å²) in [5.74, 6) is -0.379. The van der Waals surface area contributed by atoms with Gasteiger partial charge >= 0.3 is 0 Å². The Morgan fingerprint density at radius 1 is 0.473 bits per heavy atom. The van der Waals surface area contributed by atoms with Crippen molar-refractivity contribution in [1.82, 2.24) is 5.32 Å². The Hall–Kier alpha value is -1.99. The SMILES string of the molecule is CCCCCCCCCCCCCCCCCCCCC/C=C/CC/C=C/CC/C=C/C(O)C(COC1OC(CO)C(OC2OC(CO)C(OC3OC(CO)C(O)C(O)C3O)C(O)C2O)C(O)C1O)NC(=O)CC. The van der Waals surface area contributed by atoms with Crippen LogP contribution < -0.4 is 5.32 Å². The third kappa shape index (κ3) is 23.9. The number of hydrogen-bond donors (Lipinski definition) is 12. The van der Waals surface area contributed by atoms with Gasteiger partial charge in [-0.25, -0.2) is 0 Å². The van der Waals surface area contributed by atoms with Crippen LogP contribution in [0.15, 0.2) is 36.5 Å². The van der Waals surface area contributed by atoms with Crippen molar-refractivity contribution in [2.45, 2.75) is 279 Å². The highest BCUT2D eigenvalue weighted by molar-refractivity contribution is 5.75. The molecule has 3 rings (SSSR count). The number of rotatable bonds is 40. The minimum absolute atomic E-state index is 0.112. The molecule has 12 N–H and O–H groups in total. The maximum Gasteiger partial charge on any atom is 0.220 e. The molecule has 0 aromatic carbocycles. The third-order valence-corrected chi connectivity index (χ3v) is 14.2. The van der Waals surface area contributed by atoms with Crippen molar-refractivity contribution in [3.63, 3.8) is 0 Å². The molecule has 0 saturated carbocycles. The van der Waals surface area contributed by atoms with E-state index in [1.165, 1.54) is 128 Å². The summed E-state index contributed by atoms with van der Waals surface area (Å²) in [5.41, 5.74) is 0. The summed E-state index contributed by atoms with van der Waals surface area (Å²) in [6, 6.07) is -0.991. The molecule has 17 unspecified atom stereocenters. The molecule has 3 fully saturated rings. The number of aliphatic hydroxyl groups is 11. The zero-order valence-electron chi connectivity index (χ0n) is 44.6. The molecule has 0 aromatic heterocycles. The Morgan fingerprint density at radius 2 is 0.851 bits per heavy atom. The normalized spacial score (nSPS) is 31.7. The minimum Gasteiger partial charge on any atom is -0.394 e. The molecule has 0 spiro atoms. The Balaban J connectivity index is 1.31. The summed E-state index contributed by atoms with van der Waals surface area (Å²) in [6.07, 6.45) is 16.0. The van der Waals surface area contributed by atoms with Crippen molar-refractivity contribution in [2.75, 3.05) is 26.4 Å². The molecule has 0 aromatic rings. The number of allylic oxidation sites excluding steroid dienone is 5. The maximum absolute atomic E-state index is 12.4. The van der Waals surface area contributed by atoms with E-state index in [9.17, 15) is 61.0 Å². The van der Waals surface area contributed by atoms with E-state index in [2.05, 4.69) is 36.5 Å². The largest absolute Gasteiger partial charge is 0.394 e. The lowest BCUT2D eigenvalue weighted by Crippen LogP contribution is -2.66. The second-order valence-corrected chi connectivity index (χ2v) is 20.3. The van der Waals surface area contributed by atoms with Gasteiger partial charge in [0.1, 0.15) is 73.2 Å². The highest BCUT2D eigenvalue weighted by Gasteiger charge is 2.53. The lowest BCUT2D eigenvalue weighted by Gasteiger charge is -2.48. The molecule has 0 bridgehead atoms. The fourth-order valence-electron chi connectivity index (χ4n) is 9.48. The van der Waals surface area contributed by atoms with Gasteiger partial charge in [-0.15, -0.1) is 0 Å². The fraction of sp³-hybridized carbons (Fsp3) is 0.873. The first-order valence-electron chi connectivity index (χ1n) is 28.2. The Labute approximate surface area is 440 Å². The Bertz CT molecular complexity index is 1500. The van der Waals surface area contributed by atoms with Gasteiger partial charge in [0.05, 0.1) is 38.6 Å². The zero-order valence-corrected chi connectivity index (χ0v) is 44.6. The number of carbonyl (C=O) groups excluding carboxylic acids is 1. The van der Waals surface area contributed by atoms with Crippen molar-refractivity contribution < 1.29 is 89.4 Å². The molecule has 0 aliphatic carbocycles. The van der Waals surface area contributed by atoms with Gasteiger partial charge in [-0.2, -0.15) is 0 Å². The molecule has 17 atom stereocenters. The molecule has 74 heavy (non-hydrogen) atoms. The van der Waals surface area contributed by atoms with E-state index in [4.69, 9.17) is 28.4 Å². The van der Waals surface area contributed by atoms with E-state index in [-0.39, 0.29) is 18.9 Å². The summed E-state index contributed by atoms with van der Waals surface area (Å²) >= 11 is 0. The van der Waals surface area contributed by atoms with Crippen LogP contribution in [0.5, 0.6) is 0 Å². The molecule has 3 aliphatic rings. The van der Waals surface area contributed by atoms with Gasteiger partial charge in [-0.1, -0.05) is 166 Å². The quantitative estimate of drug-likeness (QED) is 0.0307. The van der Waals surface area contributed by atoms with E-state index in [0.29, 0.717) is 6.42 Å². The smallest absolute Gasteiger partial charge is 0.220 e. The number of amides is 1. The number of unbranched alkanes of at least 4 members (excludes halogenated alkanes) is 21. The van der Waals surface area contributed by atoms with Gasteiger partial charge in [-0.05, 0) is 38.5 Å². The van der Waals surface area contributed by atoms with Crippen molar-refractivity contribution in [3.05, 3.63) is 36.5 Å². The van der Waals surface area contributed by atoms with Gasteiger partial charge in [0, 0.05) is 6.42 Å². The maximum atomic E-state index is 12.4. The number of ether oxygens (including phenoxy) is 6. The van der Waals surface area contributed by atoms with Crippen LogP contribution in [0, 0.1) is 0 Å². The van der Waals surface area contributed by atoms with Crippen LogP contribution in [-0.4, -0.2) is 193 Å². The summed E-state index contributed by atoms with van der Waals surface area (Å²) in [5, 5.41) is 118. The van der Waals surface area contributed by atoms with Crippen LogP contribution >= 0.6 is 0 Å². The predicted octanol–water partition coefficient (Wildman–Crippen LogP) is 3.76. The molecule has 432 valence electrons. The lowest BCUT2D eigenvalue weighted by atomic mass is 9.96. The van der Waals surface area contributed by atoms with Crippen LogP contribution in [0.3, 0.4) is 0 Å². The second kappa shape index (κ2) is 39.4. The number of aliphatic hydroxyl groups excluding tert-OH is 11. The average molecular weight is 1060 g/mol. The van der Waals surface area contributed by atoms with Crippen LogP contribution in [-0.2, 0) is 33.2 Å². The first-order chi connectivity index (χ1) is 35.8. The second-order valence-electron chi connectivity index (χ2n) is 20.3. The molecular formula is C55H99NO18. The van der Waals surface area contributed by atoms with Crippen molar-refractivity contribution >= 4 is 5.91 Å². The topological polar surface area (TPSA) is 307 Å². The highest BCUT2D eigenvalue weighted by atomic mass is 16.8. The van der Waals surface area contributed by atoms with E-state index >= 15 is 0 Å². The molecule has 3 saturated heterocycles. The summed E-state index contributed by atoms with van der Waals surface area (Å²) in [4.78, 5) is 12.4. The van der Waals surface area contributed by atoms with Gasteiger partial charge in [-0.3, -0.25) is 4.79 Å². The first kappa shape index (κ1) is 66.3. The Morgan fingerprint density at radius 3 is 1.30 bits per heavy atom. The number of hydrogen-bond acceptors (Lipinski definition) is 18. The van der Waals surface area contributed by atoms with Gasteiger partial charge in [0.15, 0.2) is 18.9 Å². The van der Waals surface area contributed by atoms with Crippen molar-refractivity contribution in [1.29, 1.82) is 0 Å². The molecular weight excluding hydrogens is 963 g/mol. The van der Waals surface area contributed by atoms with Gasteiger partial charge < -0.3 is 89.9 Å². The van der Waals surface area contributed by atoms with Crippen LogP contribution in [0.25, 0.3) is 0 Å². The number of carbonyl (C=O) groups is 1. The number of nitrogens with one attached hydrogen (secondary N) is 1.